The summed E-state index contributed by atoms with van der Waals surface area (Å²) in [5.41, 5.74) is 6.96. The standard InChI is InChI=1S/C14H14BrFN2O2S/c1-2-9-3-5-11(17)8-14(9)21(19,20)18-13-6-4-10(16)7-12(13)15/h3-8,18H,2,17H2,1H3. The molecule has 0 radical (unpaired) electrons. The van der Waals surface area contributed by atoms with Crippen LogP contribution in [0.2, 0.25) is 0 Å². The summed E-state index contributed by atoms with van der Waals surface area (Å²) >= 11 is 3.13. The number of anilines is 2. The van der Waals surface area contributed by atoms with Gasteiger partial charge in [-0.25, -0.2) is 12.8 Å². The summed E-state index contributed by atoms with van der Waals surface area (Å²) in [5, 5.41) is 0. The van der Waals surface area contributed by atoms with Crippen molar-refractivity contribution in [1.82, 2.24) is 0 Å². The smallest absolute Gasteiger partial charge is 0.262 e. The molecule has 7 heteroatoms. The molecular formula is C14H14BrFN2O2S. The minimum Gasteiger partial charge on any atom is -0.399 e. The van der Waals surface area contributed by atoms with Crippen molar-refractivity contribution in [3.05, 3.63) is 52.3 Å². The van der Waals surface area contributed by atoms with E-state index < -0.39 is 15.8 Å². The van der Waals surface area contributed by atoms with E-state index in [1.807, 2.05) is 6.92 Å². The van der Waals surface area contributed by atoms with Gasteiger partial charge in [0.1, 0.15) is 5.82 Å². The van der Waals surface area contributed by atoms with Gasteiger partial charge in [-0.2, -0.15) is 0 Å². The van der Waals surface area contributed by atoms with Crippen molar-refractivity contribution in [2.75, 3.05) is 10.5 Å². The number of nitrogens with two attached hydrogens (primary N) is 1. The van der Waals surface area contributed by atoms with Crippen LogP contribution in [0.1, 0.15) is 12.5 Å². The van der Waals surface area contributed by atoms with E-state index in [0.717, 1.165) is 0 Å². The molecule has 112 valence electrons. The summed E-state index contributed by atoms with van der Waals surface area (Å²) in [6, 6.07) is 8.49. The zero-order valence-electron chi connectivity index (χ0n) is 11.2. The van der Waals surface area contributed by atoms with Crippen LogP contribution in [0, 0.1) is 5.82 Å². The maximum Gasteiger partial charge on any atom is 0.262 e. The topological polar surface area (TPSA) is 72.2 Å². The first-order chi connectivity index (χ1) is 9.83. The number of rotatable bonds is 4. The molecule has 3 N–H and O–H groups in total. The Morgan fingerprint density at radius 1 is 1.24 bits per heavy atom. The third kappa shape index (κ3) is 3.54. The Balaban J connectivity index is 2.45. The number of nitrogen functional groups attached to an aromatic ring is 1. The molecule has 0 unspecified atom stereocenters. The van der Waals surface area contributed by atoms with Crippen molar-refractivity contribution >= 4 is 37.3 Å². The highest BCUT2D eigenvalue weighted by Gasteiger charge is 2.19. The second kappa shape index (κ2) is 6.03. The molecule has 4 nitrogen and oxygen atoms in total. The molecule has 0 amide bonds. The largest absolute Gasteiger partial charge is 0.399 e. The average Bonchev–Trinajstić information content (AvgIpc) is 2.42. The van der Waals surface area contributed by atoms with Crippen LogP contribution < -0.4 is 10.5 Å². The van der Waals surface area contributed by atoms with Crippen molar-refractivity contribution in [2.45, 2.75) is 18.2 Å². The van der Waals surface area contributed by atoms with Gasteiger partial charge in [0.05, 0.1) is 10.6 Å². The van der Waals surface area contributed by atoms with E-state index in [-0.39, 0.29) is 10.6 Å². The number of aryl methyl sites for hydroxylation is 1. The van der Waals surface area contributed by atoms with E-state index in [4.69, 9.17) is 5.73 Å². The van der Waals surface area contributed by atoms with E-state index in [1.165, 1.54) is 24.3 Å². The first-order valence-electron chi connectivity index (χ1n) is 6.19. The number of benzene rings is 2. The molecule has 0 aliphatic rings. The number of halogens is 2. The zero-order chi connectivity index (χ0) is 15.6. The molecule has 2 aromatic rings. The average molecular weight is 373 g/mol. The van der Waals surface area contributed by atoms with E-state index in [0.29, 0.717) is 22.1 Å². The fourth-order valence-corrected chi connectivity index (χ4v) is 3.89. The van der Waals surface area contributed by atoms with Gasteiger partial charge >= 0.3 is 0 Å². The highest BCUT2D eigenvalue weighted by Crippen LogP contribution is 2.27. The predicted octanol–water partition coefficient (Wildman–Crippen LogP) is 3.53. The van der Waals surface area contributed by atoms with Gasteiger partial charge in [0.25, 0.3) is 10.0 Å². The molecule has 21 heavy (non-hydrogen) atoms. The Morgan fingerprint density at radius 3 is 2.57 bits per heavy atom. The minimum atomic E-state index is -3.80. The van der Waals surface area contributed by atoms with Gasteiger partial charge in [-0.05, 0) is 58.2 Å². The molecular weight excluding hydrogens is 359 g/mol. The molecule has 0 saturated heterocycles. The lowest BCUT2D eigenvalue weighted by atomic mass is 10.1. The molecule has 0 atom stereocenters. The SMILES string of the molecule is CCc1ccc(N)cc1S(=O)(=O)Nc1ccc(F)cc1Br. The quantitative estimate of drug-likeness (QED) is 0.806. The van der Waals surface area contributed by atoms with Gasteiger partial charge < -0.3 is 5.73 Å². The van der Waals surface area contributed by atoms with E-state index >= 15 is 0 Å². The maximum atomic E-state index is 13.1. The Hall–Kier alpha value is -1.60. The Kier molecular flexibility index (Phi) is 4.53. The summed E-state index contributed by atoms with van der Waals surface area (Å²) in [6.45, 7) is 1.86. The highest BCUT2D eigenvalue weighted by atomic mass is 79.9. The fraction of sp³-hybridized carbons (Fsp3) is 0.143. The lowest BCUT2D eigenvalue weighted by Gasteiger charge is -2.13. The lowest BCUT2D eigenvalue weighted by molar-refractivity contribution is 0.600. The zero-order valence-corrected chi connectivity index (χ0v) is 13.6. The van der Waals surface area contributed by atoms with Crippen LogP contribution in [0.25, 0.3) is 0 Å². The van der Waals surface area contributed by atoms with Crippen molar-refractivity contribution in [2.24, 2.45) is 0 Å². The van der Waals surface area contributed by atoms with Crippen LogP contribution in [0.4, 0.5) is 15.8 Å². The lowest BCUT2D eigenvalue weighted by Crippen LogP contribution is -2.15. The molecule has 0 spiro atoms. The van der Waals surface area contributed by atoms with Gasteiger partial charge in [0.2, 0.25) is 0 Å². The molecule has 0 aliphatic carbocycles. The summed E-state index contributed by atoms with van der Waals surface area (Å²) < 4.78 is 40.8. The molecule has 0 bridgehead atoms. The molecule has 2 aromatic carbocycles. The van der Waals surface area contributed by atoms with Crippen LogP contribution >= 0.6 is 15.9 Å². The van der Waals surface area contributed by atoms with Crippen molar-refractivity contribution < 1.29 is 12.8 Å². The third-order valence-electron chi connectivity index (χ3n) is 2.94. The normalized spacial score (nSPS) is 11.4. The molecule has 0 saturated carbocycles. The summed E-state index contributed by atoms with van der Waals surface area (Å²) in [6.07, 6.45) is 0.557. The first-order valence-corrected chi connectivity index (χ1v) is 8.47. The van der Waals surface area contributed by atoms with Crippen LogP contribution in [0.15, 0.2) is 45.8 Å². The van der Waals surface area contributed by atoms with Crippen LogP contribution in [0.5, 0.6) is 0 Å². The number of nitrogens with one attached hydrogen (secondary N) is 1. The molecule has 0 aromatic heterocycles. The van der Waals surface area contributed by atoms with Crippen LogP contribution in [0.3, 0.4) is 0 Å². The number of hydrogen-bond donors (Lipinski definition) is 2. The predicted molar refractivity (Wildman–Crippen MR) is 85.1 cm³/mol. The van der Waals surface area contributed by atoms with Gasteiger partial charge in [0, 0.05) is 10.2 Å². The monoisotopic (exact) mass is 372 g/mol. The molecule has 2 rings (SSSR count). The third-order valence-corrected chi connectivity index (χ3v) is 5.04. The van der Waals surface area contributed by atoms with Gasteiger partial charge in [-0.15, -0.1) is 0 Å². The Labute approximate surface area is 131 Å². The molecule has 0 heterocycles. The Bertz CT molecular complexity index is 779. The summed E-state index contributed by atoms with van der Waals surface area (Å²) in [5.74, 6) is -0.456. The van der Waals surface area contributed by atoms with Crippen LogP contribution in [-0.2, 0) is 16.4 Å². The summed E-state index contributed by atoms with van der Waals surface area (Å²) in [4.78, 5) is 0.126. The molecule has 0 aliphatic heterocycles. The maximum absolute atomic E-state index is 13.1. The van der Waals surface area contributed by atoms with E-state index in [1.54, 1.807) is 12.1 Å². The number of sulfonamides is 1. The van der Waals surface area contributed by atoms with Crippen molar-refractivity contribution in [3.63, 3.8) is 0 Å². The Morgan fingerprint density at radius 2 is 1.95 bits per heavy atom. The highest BCUT2D eigenvalue weighted by molar-refractivity contribution is 9.10. The van der Waals surface area contributed by atoms with Crippen molar-refractivity contribution in [1.29, 1.82) is 0 Å². The van der Waals surface area contributed by atoms with Gasteiger partial charge in [-0.3, -0.25) is 4.72 Å². The number of hydrogen-bond acceptors (Lipinski definition) is 3. The first kappa shape index (κ1) is 15.8. The van der Waals surface area contributed by atoms with E-state index in [2.05, 4.69) is 20.7 Å². The minimum absolute atomic E-state index is 0.126. The van der Waals surface area contributed by atoms with E-state index in [9.17, 15) is 12.8 Å². The summed E-state index contributed by atoms with van der Waals surface area (Å²) in [7, 11) is -3.80. The second-order valence-electron chi connectivity index (χ2n) is 4.45. The van der Waals surface area contributed by atoms with Gasteiger partial charge in [-0.1, -0.05) is 13.0 Å². The van der Waals surface area contributed by atoms with Crippen LogP contribution in [-0.4, -0.2) is 8.42 Å². The van der Waals surface area contributed by atoms with Crippen molar-refractivity contribution in [3.8, 4) is 0 Å². The second-order valence-corrected chi connectivity index (χ2v) is 6.96. The van der Waals surface area contributed by atoms with Gasteiger partial charge in [0.15, 0.2) is 0 Å². The molecule has 0 fully saturated rings. The fourth-order valence-electron chi connectivity index (χ4n) is 1.89.